The van der Waals surface area contributed by atoms with Gasteiger partial charge in [0, 0.05) is 56.9 Å². The maximum atomic E-state index is 13.2. The number of likely N-dealkylation sites (tertiary alicyclic amines) is 1. The number of nitrogens with zero attached hydrogens (tertiary/aromatic N) is 5. The van der Waals surface area contributed by atoms with Crippen LogP contribution in [-0.4, -0.2) is 86.8 Å². The quantitative estimate of drug-likeness (QED) is 0.501. The minimum atomic E-state index is 0.00378. The minimum absolute atomic E-state index is 0.00378. The number of aromatic nitrogens is 3. The summed E-state index contributed by atoms with van der Waals surface area (Å²) in [6.07, 6.45) is 3.26. The van der Waals surface area contributed by atoms with E-state index >= 15 is 0 Å². The fourth-order valence-corrected chi connectivity index (χ4v) is 5.12. The van der Waals surface area contributed by atoms with Gasteiger partial charge in [0.1, 0.15) is 0 Å². The summed E-state index contributed by atoms with van der Waals surface area (Å²) in [5.41, 5.74) is 2.09. The van der Waals surface area contributed by atoms with Crippen molar-refractivity contribution >= 4 is 34.2 Å². The number of hydrogen-bond acceptors (Lipinski definition) is 7. The minimum Gasteiger partial charge on any atom is -0.461 e. The van der Waals surface area contributed by atoms with Crippen molar-refractivity contribution in [3.05, 3.63) is 58.7 Å². The summed E-state index contributed by atoms with van der Waals surface area (Å²) in [5.74, 6) is 1.27. The molecule has 0 atom stereocenters. The van der Waals surface area contributed by atoms with E-state index in [9.17, 15) is 9.59 Å². The molecule has 1 aromatic carbocycles. The highest BCUT2D eigenvalue weighted by atomic mass is 32.1. The van der Waals surface area contributed by atoms with Crippen molar-refractivity contribution in [2.45, 2.75) is 6.04 Å². The lowest BCUT2D eigenvalue weighted by Crippen LogP contribution is -2.64. The van der Waals surface area contributed by atoms with Gasteiger partial charge in [0.05, 0.1) is 22.9 Å². The second-order valence-electron chi connectivity index (χ2n) is 8.29. The maximum Gasteiger partial charge on any atom is 0.282 e. The number of H-pyrrole nitrogens is 1. The van der Waals surface area contributed by atoms with Gasteiger partial charge in [-0.3, -0.25) is 14.5 Å². The molecule has 2 fully saturated rings. The van der Waals surface area contributed by atoms with Gasteiger partial charge in [-0.1, -0.05) is 6.07 Å². The molecule has 168 valence electrons. The van der Waals surface area contributed by atoms with Crippen LogP contribution in [-0.2, 0) is 0 Å². The van der Waals surface area contributed by atoms with E-state index in [4.69, 9.17) is 4.42 Å². The zero-order valence-electron chi connectivity index (χ0n) is 17.8. The van der Waals surface area contributed by atoms with Gasteiger partial charge >= 0.3 is 0 Å². The van der Waals surface area contributed by atoms with Gasteiger partial charge in [0.25, 0.3) is 11.8 Å². The highest BCUT2D eigenvalue weighted by Gasteiger charge is 2.37. The van der Waals surface area contributed by atoms with Crippen molar-refractivity contribution < 1.29 is 14.0 Å². The van der Waals surface area contributed by atoms with Crippen LogP contribution < -0.4 is 0 Å². The van der Waals surface area contributed by atoms with Crippen LogP contribution in [0, 0.1) is 0 Å². The van der Waals surface area contributed by atoms with Gasteiger partial charge in [0.2, 0.25) is 0 Å². The van der Waals surface area contributed by atoms with Crippen molar-refractivity contribution in [2.24, 2.45) is 0 Å². The number of rotatable bonds is 4. The molecule has 0 radical (unpaired) electrons. The molecular weight excluding hydrogens is 440 g/mol. The number of imidazole rings is 1. The van der Waals surface area contributed by atoms with E-state index in [1.807, 2.05) is 45.5 Å². The molecule has 1 N–H and O–H groups in total. The van der Waals surface area contributed by atoms with Crippen LogP contribution in [0.4, 0.5) is 0 Å². The molecule has 5 heterocycles. The van der Waals surface area contributed by atoms with E-state index in [0.29, 0.717) is 54.4 Å². The number of hydrogen-bond donors (Lipinski definition) is 1. The van der Waals surface area contributed by atoms with Gasteiger partial charge in [-0.05, 0) is 24.3 Å². The highest BCUT2D eigenvalue weighted by molar-refractivity contribution is 7.11. The van der Waals surface area contributed by atoms with E-state index < -0.39 is 0 Å². The zero-order chi connectivity index (χ0) is 22.4. The fraction of sp³-hybridized carbons (Fsp3) is 0.304. The molecule has 33 heavy (non-hydrogen) atoms. The molecule has 0 aliphatic carbocycles. The number of amides is 2. The number of thiazole rings is 1. The molecule has 0 bridgehead atoms. The van der Waals surface area contributed by atoms with Crippen LogP contribution in [0.1, 0.15) is 20.2 Å². The Morgan fingerprint density at radius 1 is 1.03 bits per heavy atom. The van der Waals surface area contributed by atoms with Gasteiger partial charge in [0.15, 0.2) is 16.6 Å². The van der Waals surface area contributed by atoms with E-state index in [1.165, 1.54) is 11.3 Å². The van der Waals surface area contributed by atoms with E-state index in [1.54, 1.807) is 12.5 Å². The third-order valence-electron chi connectivity index (χ3n) is 6.39. The largest absolute Gasteiger partial charge is 0.461 e. The summed E-state index contributed by atoms with van der Waals surface area (Å²) in [5, 5.41) is 2.37. The molecule has 0 saturated carbocycles. The van der Waals surface area contributed by atoms with Gasteiger partial charge in [-0.2, -0.15) is 0 Å². The zero-order valence-corrected chi connectivity index (χ0v) is 18.6. The summed E-state index contributed by atoms with van der Waals surface area (Å²) in [6, 6.07) is 9.56. The third kappa shape index (κ3) is 3.61. The second kappa shape index (κ2) is 8.13. The van der Waals surface area contributed by atoms with E-state index in [2.05, 4.69) is 19.9 Å². The summed E-state index contributed by atoms with van der Waals surface area (Å²) in [4.78, 5) is 43.8. The molecule has 9 nitrogen and oxygen atoms in total. The maximum absolute atomic E-state index is 13.2. The van der Waals surface area contributed by atoms with Crippen molar-refractivity contribution in [3.63, 3.8) is 0 Å². The van der Waals surface area contributed by atoms with Crippen LogP contribution >= 0.6 is 11.3 Å². The summed E-state index contributed by atoms with van der Waals surface area (Å²) in [6.45, 7) is 4.38. The lowest BCUT2D eigenvalue weighted by molar-refractivity contribution is 0.00863. The Morgan fingerprint density at radius 3 is 2.61 bits per heavy atom. The first-order valence-corrected chi connectivity index (χ1v) is 11.8. The Labute approximate surface area is 193 Å². The van der Waals surface area contributed by atoms with Crippen LogP contribution in [0.25, 0.3) is 22.6 Å². The SMILES string of the molecule is O=C(c1nccs1)N1CCN(C2CN(C(=O)c3cccc4nc(-c5ccco5)[nH]c34)C2)CC1. The van der Waals surface area contributed by atoms with Crippen molar-refractivity contribution in [1.82, 2.24) is 29.7 Å². The molecule has 0 unspecified atom stereocenters. The lowest BCUT2D eigenvalue weighted by Gasteiger charge is -2.48. The Bertz CT molecular complexity index is 1290. The Hall–Kier alpha value is -3.50. The highest BCUT2D eigenvalue weighted by Crippen LogP contribution is 2.26. The summed E-state index contributed by atoms with van der Waals surface area (Å²) < 4.78 is 5.43. The van der Waals surface area contributed by atoms with Gasteiger partial charge in [-0.15, -0.1) is 11.3 Å². The van der Waals surface area contributed by atoms with Crippen molar-refractivity contribution in [3.8, 4) is 11.6 Å². The number of benzene rings is 1. The second-order valence-corrected chi connectivity index (χ2v) is 9.19. The number of nitrogens with one attached hydrogen (secondary N) is 1. The Morgan fingerprint density at radius 2 is 1.88 bits per heavy atom. The van der Waals surface area contributed by atoms with Gasteiger partial charge in [-0.25, -0.2) is 9.97 Å². The number of aromatic amines is 1. The standard InChI is InChI=1S/C23H22N6O3S/c30-22(16-3-1-4-17-19(16)26-20(25-17)18-5-2-11-32-18)29-13-15(14-29)27-7-9-28(10-8-27)23(31)21-24-6-12-33-21/h1-6,11-12,15H,7-10,13-14H2,(H,25,26). The lowest BCUT2D eigenvalue weighted by atomic mass is 10.0. The summed E-state index contributed by atoms with van der Waals surface area (Å²) >= 11 is 1.38. The van der Waals surface area contributed by atoms with Crippen LogP contribution in [0.15, 0.2) is 52.6 Å². The Kier molecular flexibility index (Phi) is 4.96. The number of para-hydroxylation sites is 1. The number of fused-ring (bicyclic) bond motifs is 1. The molecule has 2 aliphatic heterocycles. The van der Waals surface area contributed by atoms with Crippen LogP contribution in [0.5, 0.6) is 0 Å². The molecule has 4 aromatic rings. The average molecular weight is 463 g/mol. The van der Waals surface area contributed by atoms with Crippen molar-refractivity contribution in [2.75, 3.05) is 39.3 Å². The first kappa shape index (κ1) is 20.1. The van der Waals surface area contributed by atoms with Crippen LogP contribution in [0.2, 0.25) is 0 Å². The molecular formula is C23H22N6O3S. The number of piperazine rings is 1. The van der Waals surface area contributed by atoms with Crippen LogP contribution in [0.3, 0.4) is 0 Å². The van der Waals surface area contributed by atoms with E-state index in [0.717, 1.165) is 24.1 Å². The Balaban J connectivity index is 1.09. The predicted molar refractivity (Wildman–Crippen MR) is 123 cm³/mol. The van der Waals surface area contributed by atoms with Gasteiger partial charge < -0.3 is 19.2 Å². The number of carbonyl (C=O) groups is 2. The molecule has 2 saturated heterocycles. The third-order valence-corrected chi connectivity index (χ3v) is 7.15. The van der Waals surface area contributed by atoms with Crippen molar-refractivity contribution in [1.29, 1.82) is 0 Å². The first-order chi connectivity index (χ1) is 16.2. The molecule has 2 aliphatic rings. The molecule has 10 heteroatoms. The topological polar surface area (TPSA) is 98.6 Å². The predicted octanol–water partition coefficient (Wildman–Crippen LogP) is 2.56. The fourth-order valence-electron chi connectivity index (χ4n) is 4.52. The number of carbonyl (C=O) groups excluding carboxylic acids is 2. The normalized spacial score (nSPS) is 17.5. The first-order valence-electron chi connectivity index (χ1n) is 10.9. The molecule has 2 amide bonds. The number of furan rings is 1. The molecule has 6 rings (SSSR count). The smallest absolute Gasteiger partial charge is 0.282 e. The summed E-state index contributed by atoms with van der Waals surface area (Å²) in [7, 11) is 0. The van der Waals surface area contributed by atoms with E-state index in [-0.39, 0.29) is 11.8 Å². The molecule has 3 aromatic heterocycles. The molecule has 0 spiro atoms. The average Bonchev–Trinajstić information content (AvgIpc) is 3.59. The monoisotopic (exact) mass is 462 g/mol.